The van der Waals surface area contributed by atoms with Gasteiger partial charge in [-0.3, -0.25) is 4.79 Å². The Hall–Kier alpha value is -1.46. The highest BCUT2D eigenvalue weighted by Crippen LogP contribution is 2.50. The lowest BCUT2D eigenvalue weighted by atomic mass is 9.81. The molecule has 2 aliphatic heterocycles. The summed E-state index contributed by atoms with van der Waals surface area (Å²) < 4.78 is 10.6. The zero-order chi connectivity index (χ0) is 14.5. The van der Waals surface area contributed by atoms with E-state index in [1.165, 1.54) is 5.57 Å². The van der Waals surface area contributed by atoms with Crippen LogP contribution in [0.25, 0.3) is 0 Å². The van der Waals surface area contributed by atoms with Crippen molar-refractivity contribution < 1.29 is 24.2 Å². The summed E-state index contributed by atoms with van der Waals surface area (Å²) >= 11 is 0. The molecule has 0 amide bonds. The Morgan fingerprint density at radius 2 is 2.20 bits per heavy atom. The smallest absolute Gasteiger partial charge is 0.335 e. The average Bonchev–Trinajstić information content (AvgIpc) is 3.03. The molecular weight excluding hydrogens is 260 g/mol. The summed E-state index contributed by atoms with van der Waals surface area (Å²) in [7, 11) is 0. The molecule has 0 spiro atoms. The van der Waals surface area contributed by atoms with Crippen LogP contribution in [0.3, 0.4) is 0 Å². The van der Waals surface area contributed by atoms with Crippen molar-refractivity contribution in [3.8, 4) is 0 Å². The van der Waals surface area contributed by atoms with Crippen molar-refractivity contribution in [2.24, 2.45) is 0 Å². The number of aliphatic hydroxyl groups is 1. The van der Waals surface area contributed by atoms with Gasteiger partial charge in [-0.25, -0.2) is 4.79 Å². The molecular formula is C15H18O5. The van der Waals surface area contributed by atoms with Gasteiger partial charge in [0.2, 0.25) is 0 Å². The predicted molar refractivity (Wildman–Crippen MR) is 69.9 cm³/mol. The number of hydrogen-bond acceptors (Lipinski definition) is 5. The van der Waals surface area contributed by atoms with Crippen LogP contribution < -0.4 is 0 Å². The molecule has 20 heavy (non-hydrogen) atoms. The average molecular weight is 278 g/mol. The molecule has 0 radical (unpaired) electrons. The van der Waals surface area contributed by atoms with Crippen LogP contribution in [-0.4, -0.2) is 41.3 Å². The third kappa shape index (κ3) is 1.93. The largest absolute Gasteiger partial charge is 0.454 e. The minimum absolute atomic E-state index is 0.187. The fourth-order valence-electron chi connectivity index (χ4n) is 3.04. The number of carbonyl (C=O) groups excluding carboxylic acids is 2. The number of carbonyl (C=O) groups is 2. The molecule has 0 bridgehead atoms. The number of ether oxygens (including phenoxy) is 2. The second-order valence-electron chi connectivity index (χ2n) is 5.90. The molecule has 3 atom stereocenters. The van der Waals surface area contributed by atoms with Gasteiger partial charge in [0.05, 0.1) is 6.61 Å². The topological polar surface area (TPSA) is 76.1 Å². The normalized spacial score (nSPS) is 34.5. The zero-order valence-electron chi connectivity index (χ0n) is 11.6. The molecule has 5 nitrogen and oxygen atoms in total. The number of rotatable bonds is 4. The van der Waals surface area contributed by atoms with E-state index in [1.54, 1.807) is 0 Å². The van der Waals surface area contributed by atoms with E-state index in [0.717, 1.165) is 0 Å². The van der Waals surface area contributed by atoms with Crippen molar-refractivity contribution in [1.82, 2.24) is 0 Å². The number of epoxide rings is 1. The Balaban J connectivity index is 1.84. The van der Waals surface area contributed by atoms with Crippen molar-refractivity contribution in [2.45, 2.75) is 50.9 Å². The van der Waals surface area contributed by atoms with Gasteiger partial charge in [0, 0.05) is 17.6 Å². The number of aliphatic hydroxyl groups excluding tert-OH is 1. The highest BCUT2D eigenvalue weighted by atomic mass is 16.6. The Morgan fingerprint density at radius 3 is 2.85 bits per heavy atom. The Bertz CT molecular complexity index is 540. The first-order valence-electron chi connectivity index (χ1n) is 6.89. The van der Waals surface area contributed by atoms with Crippen LogP contribution in [0, 0.1) is 0 Å². The van der Waals surface area contributed by atoms with Crippen molar-refractivity contribution in [1.29, 1.82) is 0 Å². The van der Waals surface area contributed by atoms with Crippen LogP contribution >= 0.6 is 0 Å². The van der Waals surface area contributed by atoms with E-state index in [1.807, 2.05) is 19.9 Å². The van der Waals surface area contributed by atoms with Crippen molar-refractivity contribution >= 4 is 11.8 Å². The molecule has 1 saturated carbocycles. The van der Waals surface area contributed by atoms with Gasteiger partial charge >= 0.3 is 5.97 Å². The molecule has 3 aliphatic rings. The van der Waals surface area contributed by atoms with Crippen LogP contribution in [0.5, 0.6) is 0 Å². The predicted octanol–water partition coefficient (Wildman–Crippen LogP) is 1.06. The first-order valence-corrected chi connectivity index (χ1v) is 6.89. The molecule has 1 unspecified atom stereocenters. The first kappa shape index (κ1) is 13.5. The number of Topliss-reactive ketones (excluding diaryl/α,β-unsaturated/α-hetero) is 1. The van der Waals surface area contributed by atoms with Crippen LogP contribution in [0.15, 0.2) is 22.8 Å². The molecule has 2 heterocycles. The van der Waals surface area contributed by atoms with Crippen LogP contribution in [0.4, 0.5) is 0 Å². The minimum Gasteiger partial charge on any atom is -0.454 e. The van der Waals surface area contributed by atoms with E-state index in [0.29, 0.717) is 30.4 Å². The molecule has 1 aliphatic carbocycles. The summed E-state index contributed by atoms with van der Waals surface area (Å²) in [5.41, 5.74) is 1.34. The SMILES string of the molecule is CC(C)=CCCC1=C2C(=O)[C@@H]3O[C@]3(CO)CC2OC1=O. The van der Waals surface area contributed by atoms with E-state index in [-0.39, 0.29) is 12.4 Å². The van der Waals surface area contributed by atoms with Gasteiger partial charge in [0.1, 0.15) is 11.7 Å². The maximum atomic E-state index is 12.3. The van der Waals surface area contributed by atoms with Gasteiger partial charge in [-0.2, -0.15) is 0 Å². The number of fused-ring (bicyclic) bond motifs is 2. The fraction of sp³-hybridized carbons (Fsp3) is 0.600. The van der Waals surface area contributed by atoms with E-state index < -0.39 is 23.8 Å². The summed E-state index contributed by atoms with van der Waals surface area (Å²) in [5.74, 6) is -0.580. The summed E-state index contributed by atoms with van der Waals surface area (Å²) in [4.78, 5) is 24.2. The van der Waals surface area contributed by atoms with E-state index in [9.17, 15) is 14.7 Å². The molecule has 1 N–H and O–H groups in total. The lowest BCUT2D eigenvalue weighted by molar-refractivity contribution is -0.141. The minimum atomic E-state index is -0.805. The highest BCUT2D eigenvalue weighted by Gasteiger charge is 2.67. The fourth-order valence-corrected chi connectivity index (χ4v) is 3.04. The zero-order valence-corrected chi connectivity index (χ0v) is 11.6. The van der Waals surface area contributed by atoms with Gasteiger partial charge in [-0.05, 0) is 26.7 Å². The molecule has 2 fully saturated rings. The second-order valence-corrected chi connectivity index (χ2v) is 5.90. The number of hydrogen-bond donors (Lipinski definition) is 1. The Morgan fingerprint density at radius 1 is 1.45 bits per heavy atom. The summed E-state index contributed by atoms with van der Waals surface area (Å²) in [6, 6.07) is 0. The Labute approximate surface area is 117 Å². The van der Waals surface area contributed by atoms with Crippen molar-refractivity contribution in [3.05, 3.63) is 22.8 Å². The lowest BCUT2D eigenvalue weighted by Gasteiger charge is -2.21. The van der Waals surface area contributed by atoms with Crippen LogP contribution in [-0.2, 0) is 19.1 Å². The number of allylic oxidation sites excluding steroid dienone is 2. The molecule has 5 heteroatoms. The van der Waals surface area contributed by atoms with Crippen LogP contribution in [0.2, 0.25) is 0 Å². The molecule has 1 saturated heterocycles. The lowest BCUT2D eigenvalue weighted by Crippen LogP contribution is -2.38. The summed E-state index contributed by atoms with van der Waals surface area (Å²) in [6.45, 7) is 3.78. The second kappa shape index (κ2) is 4.53. The number of ketones is 1. The molecule has 0 aromatic rings. The van der Waals surface area contributed by atoms with Crippen LogP contribution in [0.1, 0.15) is 33.1 Å². The van der Waals surface area contributed by atoms with Crippen molar-refractivity contribution in [3.63, 3.8) is 0 Å². The number of esters is 1. The van der Waals surface area contributed by atoms with Gasteiger partial charge in [-0.15, -0.1) is 0 Å². The summed E-state index contributed by atoms with van der Waals surface area (Å²) in [5, 5.41) is 9.32. The van der Waals surface area contributed by atoms with Gasteiger partial charge in [0.25, 0.3) is 0 Å². The maximum Gasteiger partial charge on any atom is 0.335 e. The third-order valence-corrected chi connectivity index (χ3v) is 4.17. The van der Waals surface area contributed by atoms with Gasteiger partial charge in [-0.1, -0.05) is 11.6 Å². The molecule has 0 aromatic heterocycles. The van der Waals surface area contributed by atoms with E-state index in [4.69, 9.17) is 9.47 Å². The van der Waals surface area contributed by atoms with E-state index in [2.05, 4.69) is 0 Å². The van der Waals surface area contributed by atoms with Gasteiger partial charge < -0.3 is 14.6 Å². The highest BCUT2D eigenvalue weighted by molar-refractivity contribution is 6.11. The maximum absolute atomic E-state index is 12.3. The molecule has 3 rings (SSSR count). The van der Waals surface area contributed by atoms with Gasteiger partial charge in [0.15, 0.2) is 11.9 Å². The molecule has 0 aromatic carbocycles. The van der Waals surface area contributed by atoms with E-state index >= 15 is 0 Å². The summed E-state index contributed by atoms with van der Waals surface area (Å²) in [6.07, 6.45) is 2.52. The molecule has 108 valence electrons. The third-order valence-electron chi connectivity index (χ3n) is 4.17. The first-order chi connectivity index (χ1) is 9.48. The quantitative estimate of drug-likeness (QED) is 0.473. The van der Waals surface area contributed by atoms with Crippen molar-refractivity contribution in [2.75, 3.05) is 6.61 Å². The monoisotopic (exact) mass is 278 g/mol. The Kier molecular flexibility index (Phi) is 3.06. The standard InChI is InChI=1S/C15H18O5/c1-8(2)4-3-5-9-11-10(19-14(9)18)6-15(7-16)13(20-15)12(11)17/h4,10,13,16H,3,5-7H2,1-2H3/t10?,13-,15-/m0/s1.